The van der Waals surface area contributed by atoms with E-state index in [9.17, 15) is 9.59 Å². The molecule has 4 nitrogen and oxygen atoms in total. The van der Waals surface area contributed by atoms with E-state index in [4.69, 9.17) is 11.6 Å². The van der Waals surface area contributed by atoms with Crippen molar-refractivity contribution in [2.45, 2.75) is 25.6 Å². The van der Waals surface area contributed by atoms with Gasteiger partial charge >= 0.3 is 0 Å². The molecule has 82 valence electrons. The highest BCUT2D eigenvalue weighted by atomic mass is 35.5. The summed E-state index contributed by atoms with van der Waals surface area (Å²) < 4.78 is 0. The first-order chi connectivity index (χ1) is 6.52. The van der Waals surface area contributed by atoms with Gasteiger partial charge in [-0.3, -0.25) is 9.59 Å². The summed E-state index contributed by atoms with van der Waals surface area (Å²) in [6.07, 6.45) is 0.812. The molecule has 5 heteroatoms. The Labute approximate surface area is 89.6 Å². The molecule has 0 bridgehead atoms. The topological polar surface area (TPSA) is 49.4 Å². The van der Waals surface area contributed by atoms with Gasteiger partial charge in [0, 0.05) is 13.6 Å². The predicted molar refractivity (Wildman–Crippen MR) is 56.3 cm³/mol. The zero-order valence-electron chi connectivity index (χ0n) is 8.84. The van der Waals surface area contributed by atoms with Gasteiger partial charge in [-0.1, -0.05) is 6.92 Å². The third-order valence-corrected chi connectivity index (χ3v) is 1.95. The van der Waals surface area contributed by atoms with Crippen LogP contribution in [0.4, 0.5) is 0 Å². The fourth-order valence-electron chi connectivity index (χ4n) is 1.04. The molecule has 0 aromatic heterocycles. The Kier molecular flexibility index (Phi) is 6.28. The van der Waals surface area contributed by atoms with Gasteiger partial charge < -0.3 is 10.2 Å². The molecular weight excluding hydrogens is 204 g/mol. The molecule has 0 aromatic rings. The van der Waals surface area contributed by atoms with Crippen LogP contribution in [0.5, 0.6) is 0 Å². The lowest BCUT2D eigenvalue weighted by atomic mass is 10.3. The van der Waals surface area contributed by atoms with E-state index in [2.05, 4.69) is 5.32 Å². The molecule has 1 atom stereocenters. The lowest BCUT2D eigenvalue weighted by Crippen LogP contribution is -2.42. The van der Waals surface area contributed by atoms with E-state index in [0.717, 1.165) is 6.42 Å². The lowest BCUT2D eigenvalue weighted by Gasteiger charge is -2.22. The average molecular weight is 221 g/mol. The molecule has 0 aromatic carbocycles. The molecule has 0 aliphatic rings. The minimum atomic E-state index is -0.578. The molecule has 0 radical (unpaired) electrons. The van der Waals surface area contributed by atoms with Crippen LogP contribution in [0.25, 0.3) is 0 Å². The first kappa shape index (κ1) is 13.2. The maximum absolute atomic E-state index is 11.5. The number of alkyl halides is 1. The van der Waals surface area contributed by atoms with Crippen molar-refractivity contribution < 1.29 is 9.59 Å². The number of nitrogens with zero attached hydrogens (tertiary/aromatic N) is 1. The molecule has 1 N–H and O–H groups in total. The summed E-state index contributed by atoms with van der Waals surface area (Å²) in [7, 11) is 1.54. The zero-order chi connectivity index (χ0) is 11.1. The number of likely N-dealkylation sites (N-methyl/N-ethyl adjacent to an activating group) is 1. The Hall–Kier alpha value is -0.770. The van der Waals surface area contributed by atoms with Gasteiger partial charge in [0.25, 0.3) is 0 Å². The maximum atomic E-state index is 11.5. The van der Waals surface area contributed by atoms with Gasteiger partial charge in [-0.15, -0.1) is 11.6 Å². The normalized spacial score (nSPS) is 12.0. The van der Waals surface area contributed by atoms with Crippen LogP contribution in [-0.4, -0.2) is 42.2 Å². The molecule has 14 heavy (non-hydrogen) atoms. The molecule has 0 spiro atoms. The monoisotopic (exact) mass is 220 g/mol. The van der Waals surface area contributed by atoms with Crippen LogP contribution in [0.2, 0.25) is 0 Å². The van der Waals surface area contributed by atoms with Crippen LogP contribution in [-0.2, 0) is 9.59 Å². The molecule has 0 aliphatic carbocycles. The minimum absolute atomic E-state index is 0.0836. The average Bonchev–Trinajstić information content (AvgIpc) is 2.15. The molecule has 0 fully saturated rings. The summed E-state index contributed by atoms with van der Waals surface area (Å²) in [6, 6.07) is 0. The molecule has 0 saturated heterocycles. The number of carbonyl (C=O) groups excluding carboxylic acids is 2. The summed E-state index contributed by atoms with van der Waals surface area (Å²) in [4.78, 5) is 24.0. The molecule has 0 rings (SSSR count). The Balaban J connectivity index is 4.28. The second-order valence-corrected chi connectivity index (χ2v) is 3.70. The third kappa shape index (κ3) is 4.46. The molecule has 2 amide bonds. The fourth-order valence-corrected chi connectivity index (χ4v) is 1.18. The van der Waals surface area contributed by atoms with E-state index in [-0.39, 0.29) is 18.4 Å². The van der Waals surface area contributed by atoms with Gasteiger partial charge in [-0.05, 0) is 13.3 Å². The number of hydrogen-bond acceptors (Lipinski definition) is 2. The van der Waals surface area contributed by atoms with Crippen molar-refractivity contribution in [2.24, 2.45) is 0 Å². The van der Waals surface area contributed by atoms with Crippen LogP contribution in [0.3, 0.4) is 0 Å². The second-order valence-electron chi connectivity index (χ2n) is 3.05. The first-order valence-electron chi connectivity index (χ1n) is 4.66. The Bertz CT molecular complexity index is 207. The summed E-state index contributed by atoms with van der Waals surface area (Å²) >= 11 is 5.66. The number of carbonyl (C=O) groups is 2. The molecular formula is C9H17ClN2O2. The van der Waals surface area contributed by atoms with Gasteiger partial charge in [0.05, 0.1) is 6.54 Å². The van der Waals surface area contributed by atoms with Crippen LogP contribution in [0.1, 0.15) is 20.3 Å². The van der Waals surface area contributed by atoms with Crippen LogP contribution in [0, 0.1) is 0 Å². The lowest BCUT2D eigenvalue weighted by molar-refractivity contribution is -0.135. The van der Waals surface area contributed by atoms with Gasteiger partial charge in [-0.2, -0.15) is 0 Å². The quantitative estimate of drug-likeness (QED) is 0.690. The van der Waals surface area contributed by atoms with Crippen molar-refractivity contribution in [3.63, 3.8) is 0 Å². The van der Waals surface area contributed by atoms with Gasteiger partial charge in [-0.25, -0.2) is 0 Å². The molecule has 0 saturated carbocycles. The van der Waals surface area contributed by atoms with E-state index in [0.29, 0.717) is 6.54 Å². The highest BCUT2D eigenvalue weighted by Crippen LogP contribution is 2.02. The SMILES string of the molecule is CCCN(CC(=O)NC)C(=O)C(C)Cl. The molecule has 0 heterocycles. The first-order valence-corrected chi connectivity index (χ1v) is 5.10. The zero-order valence-corrected chi connectivity index (χ0v) is 9.60. The van der Waals surface area contributed by atoms with Crippen molar-refractivity contribution in [3.8, 4) is 0 Å². The number of amides is 2. The van der Waals surface area contributed by atoms with Crippen molar-refractivity contribution in [1.82, 2.24) is 10.2 Å². The van der Waals surface area contributed by atoms with Crippen LogP contribution in [0.15, 0.2) is 0 Å². The van der Waals surface area contributed by atoms with Crippen molar-refractivity contribution in [1.29, 1.82) is 0 Å². The second kappa shape index (κ2) is 6.65. The highest BCUT2D eigenvalue weighted by Gasteiger charge is 2.19. The number of halogens is 1. The smallest absolute Gasteiger partial charge is 0.240 e. The van der Waals surface area contributed by atoms with E-state index in [1.54, 1.807) is 14.0 Å². The summed E-state index contributed by atoms with van der Waals surface area (Å²) in [5, 5.41) is 1.89. The number of rotatable bonds is 5. The summed E-state index contributed by atoms with van der Waals surface area (Å²) in [5.41, 5.74) is 0. The van der Waals surface area contributed by atoms with Crippen molar-refractivity contribution >= 4 is 23.4 Å². The Morgan fingerprint density at radius 3 is 2.43 bits per heavy atom. The summed E-state index contributed by atoms with van der Waals surface area (Å²) in [6.45, 7) is 4.20. The molecule has 1 unspecified atom stereocenters. The minimum Gasteiger partial charge on any atom is -0.358 e. The van der Waals surface area contributed by atoms with Gasteiger partial charge in [0.2, 0.25) is 11.8 Å². The van der Waals surface area contributed by atoms with E-state index in [1.807, 2.05) is 6.92 Å². The van der Waals surface area contributed by atoms with E-state index in [1.165, 1.54) is 4.90 Å². The maximum Gasteiger partial charge on any atom is 0.240 e. The molecule has 0 aliphatic heterocycles. The Morgan fingerprint density at radius 1 is 1.50 bits per heavy atom. The van der Waals surface area contributed by atoms with Gasteiger partial charge in [0.15, 0.2) is 0 Å². The third-order valence-electron chi connectivity index (χ3n) is 1.76. The van der Waals surface area contributed by atoms with E-state index < -0.39 is 5.38 Å². The largest absolute Gasteiger partial charge is 0.358 e. The van der Waals surface area contributed by atoms with Gasteiger partial charge in [0.1, 0.15) is 5.38 Å². The standard InChI is InChI=1S/C9H17ClN2O2/c1-4-5-12(6-8(13)11-3)9(14)7(2)10/h7H,4-6H2,1-3H3,(H,11,13). The number of hydrogen-bond donors (Lipinski definition) is 1. The van der Waals surface area contributed by atoms with Crippen LogP contribution >= 0.6 is 11.6 Å². The number of nitrogens with one attached hydrogen (secondary N) is 1. The fraction of sp³-hybridized carbons (Fsp3) is 0.778. The van der Waals surface area contributed by atoms with E-state index >= 15 is 0 Å². The summed E-state index contributed by atoms with van der Waals surface area (Å²) in [5.74, 6) is -0.374. The highest BCUT2D eigenvalue weighted by molar-refractivity contribution is 6.30. The Morgan fingerprint density at radius 2 is 2.07 bits per heavy atom. The predicted octanol–water partition coefficient (Wildman–Crippen LogP) is 0.598. The van der Waals surface area contributed by atoms with Crippen LogP contribution < -0.4 is 5.32 Å². The van der Waals surface area contributed by atoms with Crippen molar-refractivity contribution in [3.05, 3.63) is 0 Å². The van der Waals surface area contributed by atoms with Crippen molar-refractivity contribution in [2.75, 3.05) is 20.1 Å².